The number of anilines is 2. The second-order valence-electron chi connectivity index (χ2n) is 7.73. The third-order valence-corrected chi connectivity index (χ3v) is 5.62. The van der Waals surface area contributed by atoms with E-state index in [4.69, 9.17) is 4.74 Å². The second-order valence-corrected chi connectivity index (χ2v) is 7.73. The van der Waals surface area contributed by atoms with Crippen molar-refractivity contribution in [1.29, 1.82) is 0 Å². The van der Waals surface area contributed by atoms with E-state index < -0.39 is 0 Å². The number of carbonyl (C=O) groups excluding carboxylic acids is 1. The Balaban J connectivity index is 0.00000289. The lowest BCUT2D eigenvalue weighted by atomic mass is 10.1. The minimum atomic E-state index is -0.319. The van der Waals surface area contributed by atoms with Crippen LogP contribution in [0.3, 0.4) is 0 Å². The number of likely N-dealkylation sites (N-methyl/N-ethyl adjacent to an activating group) is 1. The first kappa shape index (κ1) is 23.2. The Morgan fingerprint density at radius 1 is 1.22 bits per heavy atom. The van der Waals surface area contributed by atoms with E-state index in [1.165, 1.54) is 12.1 Å². The molecule has 3 heterocycles. The van der Waals surface area contributed by atoms with Crippen LogP contribution >= 0.6 is 0 Å². The second kappa shape index (κ2) is 9.33. The van der Waals surface area contributed by atoms with E-state index in [0.29, 0.717) is 30.7 Å². The van der Waals surface area contributed by atoms with Crippen LogP contribution in [0.1, 0.15) is 37.0 Å². The van der Waals surface area contributed by atoms with Crippen molar-refractivity contribution in [2.75, 3.05) is 24.4 Å². The predicted molar refractivity (Wildman–Crippen MR) is 122 cm³/mol. The summed E-state index contributed by atoms with van der Waals surface area (Å²) in [6.07, 6.45) is 3.20. The molecule has 0 aliphatic carbocycles. The number of nitrogens with zero attached hydrogens (tertiary/aromatic N) is 5. The normalized spacial score (nSPS) is 15.1. The molecule has 1 aromatic carbocycles. The standard InChI is InChI=1S/C22H25FN6O2.CH4/c1-13-21-19(28(3)14(2)22(30)25-21)10-17(24-13)6-7-18-12-29(27-26-18)11-15-9-16(23)5-8-20(15)31-4;/h5,8-10,12,14H,6-7,11H2,1-4H3,(H,25,30);1H4/t14-;/m0./s1. The van der Waals surface area contributed by atoms with Crippen molar-refractivity contribution in [3.8, 4) is 5.75 Å². The topological polar surface area (TPSA) is 85.2 Å². The highest BCUT2D eigenvalue weighted by atomic mass is 19.1. The third-order valence-electron chi connectivity index (χ3n) is 5.62. The Kier molecular flexibility index (Phi) is 6.76. The van der Waals surface area contributed by atoms with E-state index in [2.05, 4.69) is 20.6 Å². The molecular formula is C23H29FN6O2. The number of nitrogens with one attached hydrogen (secondary N) is 1. The molecule has 1 amide bonds. The van der Waals surface area contributed by atoms with Gasteiger partial charge >= 0.3 is 0 Å². The number of pyridine rings is 1. The minimum absolute atomic E-state index is 0. The molecule has 9 heteroatoms. The first-order chi connectivity index (χ1) is 14.9. The van der Waals surface area contributed by atoms with Gasteiger partial charge in [-0.25, -0.2) is 9.07 Å². The van der Waals surface area contributed by atoms with Gasteiger partial charge in [0.15, 0.2) is 0 Å². The van der Waals surface area contributed by atoms with Crippen LogP contribution in [0.2, 0.25) is 0 Å². The van der Waals surface area contributed by atoms with E-state index in [1.54, 1.807) is 17.9 Å². The van der Waals surface area contributed by atoms with Crippen molar-refractivity contribution in [3.63, 3.8) is 0 Å². The Labute approximate surface area is 187 Å². The zero-order chi connectivity index (χ0) is 22.1. The highest BCUT2D eigenvalue weighted by Crippen LogP contribution is 2.33. The Hall–Kier alpha value is -3.49. The molecule has 1 N–H and O–H groups in total. The smallest absolute Gasteiger partial charge is 0.246 e. The van der Waals surface area contributed by atoms with Crippen LogP contribution in [0.5, 0.6) is 5.75 Å². The average Bonchev–Trinajstić information content (AvgIpc) is 3.19. The molecule has 170 valence electrons. The number of hydrogen-bond donors (Lipinski definition) is 1. The molecule has 0 radical (unpaired) electrons. The molecule has 0 saturated heterocycles. The van der Waals surface area contributed by atoms with Crippen molar-refractivity contribution in [3.05, 3.63) is 58.9 Å². The van der Waals surface area contributed by atoms with Gasteiger partial charge in [0.05, 0.1) is 36.4 Å². The summed E-state index contributed by atoms with van der Waals surface area (Å²) in [6, 6.07) is 6.19. The molecule has 1 atom stereocenters. The van der Waals surface area contributed by atoms with Crippen LogP contribution in [0.15, 0.2) is 30.5 Å². The van der Waals surface area contributed by atoms with E-state index in [-0.39, 0.29) is 25.2 Å². The number of aromatic nitrogens is 4. The fourth-order valence-electron chi connectivity index (χ4n) is 3.72. The number of carbonyl (C=O) groups is 1. The lowest BCUT2D eigenvalue weighted by Crippen LogP contribution is -2.44. The number of fused-ring (bicyclic) bond motifs is 1. The molecule has 8 nitrogen and oxygen atoms in total. The van der Waals surface area contributed by atoms with Gasteiger partial charge in [0.25, 0.3) is 0 Å². The molecule has 0 bridgehead atoms. The third kappa shape index (κ3) is 4.56. The van der Waals surface area contributed by atoms with Crippen molar-refractivity contribution >= 4 is 17.3 Å². The summed E-state index contributed by atoms with van der Waals surface area (Å²) >= 11 is 0. The van der Waals surface area contributed by atoms with Crippen LogP contribution in [0.4, 0.5) is 15.8 Å². The van der Waals surface area contributed by atoms with Gasteiger partial charge in [-0.05, 0) is 51.0 Å². The van der Waals surface area contributed by atoms with Gasteiger partial charge in [0.2, 0.25) is 5.91 Å². The Morgan fingerprint density at radius 3 is 2.72 bits per heavy atom. The molecular weight excluding hydrogens is 411 g/mol. The fourth-order valence-corrected chi connectivity index (χ4v) is 3.72. The van der Waals surface area contributed by atoms with Crippen LogP contribution in [0.25, 0.3) is 0 Å². The van der Waals surface area contributed by atoms with E-state index >= 15 is 0 Å². The monoisotopic (exact) mass is 440 g/mol. The highest BCUT2D eigenvalue weighted by molar-refractivity contribution is 6.03. The molecule has 1 aliphatic rings. The first-order valence-corrected chi connectivity index (χ1v) is 10.1. The van der Waals surface area contributed by atoms with Crippen molar-refractivity contribution in [2.45, 2.75) is 46.7 Å². The number of methoxy groups -OCH3 is 1. The molecule has 0 saturated carbocycles. The first-order valence-electron chi connectivity index (χ1n) is 10.1. The fraction of sp³-hybridized carbons (Fsp3) is 0.391. The summed E-state index contributed by atoms with van der Waals surface area (Å²) in [4.78, 5) is 18.7. The molecule has 32 heavy (non-hydrogen) atoms. The number of benzene rings is 1. The summed E-state index contributed by atoms with van der Waals surface area (Å²) in [5.41, 5.74) is 4.97. The summed E-state index contributed by atoms with van der Waals surface area (Å²) in [5.74, 6) is 0.261. The molecule has 0 spiro atoms. The van der Waals surface area contributed by atoms with E-state index in [1.807, 2.05) is 38.1 Å². The highest BCUT2D eigenvalue weighted by Gasteiger charge is 2.28. The number of aryl methyl sites for hydroxylation is 3. The summed E-state index contributed by atoms with van der Waals surface area (Å²) in [7, 11) is 3.47. The molecule has 2 aromatic heterocycles. The Bertz CT molecular complexity index is 1130. The molecule has 0 fully saturated rings. The van der Waals surface area contributed by atoms with E-state index in [9.17, 15) is 9.18 Å². The maximum absolute atomic E-state index is 13.6. The van der Waals surface area contributed by atoms with Crippen LogP contribution in [-0.4, -0.2) is 46.1 Å². The lowest BCUT2D eigenvalue weighted by molar-refractivity contribution is -0.117. The average molecular weight is 441 g/mol. The van der Waals surface area contributed by atoms with Gasteiger partial charge in [-0.1, -0.05) is 12.6 Å². The largest absolute Gasteiger partial charge is 0.496 e. The molecule has 4 rings (SSSR count). The molecule has 1 aliphatic heterocycles. The summed E-state index contributed by atoms with van der Waals surface area (Å²) < 4.78 is 20.6. The van der Waals surface area contributed by atoms with Crippen molar-refractivity contribution in [1.82, 2.24) is 20.0 Å². The zero-order valence-corrected chi connectivity index (χ0v) is 18.0. The van der Waals surface area contributed by atoms with Gasteiger partial charge in [-0.2, -0.15) is 0 Å². The van der Waals surface area contributed by atoms with Gasteiger partial charge in [-0.15, -0.1) is 5.10 Å². The maximum Gasteiger partial charge on any atom is 0.246 e. The quantitative estimate of drug-likeness (QED) is 0.633. The van der Waals surface area contributed by atoms with Crippen LogP contribution < -0.4 is 15.0 Å². The summed E-state index contributed by atoms with van der Waals surface area (Å²) in [5, 5.41) is 11.3. The summed E-state index contributed by atoms with van der Waals surface area (Å²) in [6.45, 7) is 4.14. The van der Waals surface area contributed by atoms with Crippen LogP contribution in [0, 0.1) is 12.7 Å². The van der Waals surface area contributed by atoms with Crippen molar-refractivity contribution < 1.29 is 13.9 Å². The maximum atomic E-state index is 13.6. The molecule has 0 unspecified atom stereocenters. The minimum Gasteiger partial charge on any atom is -0.496 e. The van der Waals surface area contributed by atoms with Gasteiger partial charge in [0.1, 0.15) is 17.6 Å². The van der Waals surface area contributed by atoms with E-state index in [0.717, 1.165) is 28.5 Å². The Morgan fingerprint density at radius 2 is 1.97 bits per heavy atom. The number of rotatable bonds is 6. The van der Waals surface area contributed by atoms with Gasteiger partial charge in [-0.3, -0.25) is 9.78 Å². The number of ether oxygens (including phenoxy) is 1. The van der Waals surface area contributed by atoms with Gasteiger partial charge < -0.3 is 15.0 Å². The molecule has 3 aromatic rings. The number of amides is 1. The van der Waals surface area contributed by atoms with Crippen LogP contribution in [-0.2, 0) is 24.2 Å². The number of hydrogen-bond acceptors (Lipinski definition) is 6. The SMILES string of the molecule is C.COc1ccc(F)cc1Cn1cc(CCc2cc3c(c(C)n2)NC(=O)[C@H](C)N3C)nn1. The predicted octanol–water partition coefficient (Wildman–Crippen LogP) is 3.38. The zero-order valence-electron chi connectivity index (χ0n) is 18.0. The van der Waals surface area contributed by atoms with Crippen molar-refractivity contribution in [2.24, 2.45) is 0 Å². The lowest BCUT2D eigenvalue weighted by Gasteiger charge is -2.34. The van der Waals surface area contributed by atoms with Gasteiger partial charge in [0, 0.05) is 24.5 Å². The number of halogens is 1.